The summed E-state index contributed by atoms with van der Waals surface area (Å²) in [5.41, 5.74) is 0.124. The Balaban J connectivity index is 2.13. The van der Waals surface area contributed by atoms with Crippen LogP contribution in [0.1, 0.15) is 12.8 Å². The van der Waals surface area contributed by atoms with Gasteiger partial charge in [0.15, 0.2) is 0 Å². The van der Waals surface area contributed by atoms with Crippen LogP contribution in [0.15, 0.2) is 22.7 Å². The van der Waals surface area contributed by atoms with Crippen LogP contribution in [0.4, 0.5) is 10.1 Å². The first kappa shape index (κ1) is 15.7. The molecule has 0 amide bonds. The molecule has 5 nitrogen and oxygen atoms in total. The second-order valence-corrected chi connectivity index (χ2v) is 9.75. The summed E-state index contributed by atoms with van der Waals surface area (Å²) in [6.45, 7) is 0. The van der Waals surface area contributed by atoms with Gasteiger partial charge in [-0.1, -0.05) is 0 Å². The number of sulfone groups is 1. The number of hydrogen-bond donors (Lipinski definition) is 1. The Morgan fingerprint density at radius 3 is 2.40 bits per heavy atom. The van der Waals surface area contributed by atoms with Crippen molar-refractivity contribution >= 4 is 41.5 Å². The molecule has 0 aromatic heterocycles. The second-order valence-electron chi connectivity index (χ2n) is 4.63. The number of benzene rings is 1. The van der Waals surface area contributed by atoms with Crippen LogP contribution >= 0.6 is 15.9 Å². The summed E-state index contributed by atoms with van der Waals surface area (Å²) >= 11 is 2.98. The molecule has 1 aromatic rings. The zero-order valence-electron chi connectivity index (χ0n) is 10.3. The van der Waals surface area contributed by atoms with E-state index < -0.39 is 30.9 Å². The summed E-state index contributed by atoms with van der Waals surface area (Å²) in [4.78, 5) is 0. The SMILES string of the molecule is O=S1(=O)CCC(S(=O)(=O)Nc2ccc(Br)c(F)c2)CC1. The minimum Gasteiger partial charge on any atom is -0.283 e. The quantitative estimate of drug-likeness (QED) is 0.861. The average molecular weight is 386 g/mol. The van der Waals surface area contributed by atoms with Gasteiger partial charge in [0.25, 0.3) is 0 Å². The number of sulfonamides is 1. The zero-order chi connectivity index (χ0) is 15.0. The van der Waals surface area contributed by atoms with E-state index in [1.54, 1.807) is 0 Å². The van der Waals surface area contributed by atoms with Gasteiger partial charge in [-0.2, -0.15) is 0 Å². The van der Waals surface area contributed by atoms with E-state index in [1.807, 2.05) is 0 Å². The maximum Gasteiger partial charge on any atom is 0.235 e. The molecule has 0 saturated carbocycles. The van der Waals surface area contributed by atoms with Crippen molar-refractivity contribution in [2.45, 2.75) is 18.1 Å². The van der Waals surface area contributed by atoms with Gasteiger partial charge in [-0.15, -0.1) is 0 Å². The van der Waals surface area contributed by atoms with E-state index in [2.05, 4.69) is 20.7 Å². The van der Waals surface area contributed by atoms with Gasteiger partial charge in [0.2, 0.25) is 10.0 Å². The van der Waals surface area contributed by atoms with Crippen molar-refractivity contribution < 1.29 is 21.2 Å². The minimum atomic E-state index is -3.71. The Kier molecular flexibility index (Phi) is 4.41. The summed E-state index contributed by atoms with van der Waals surface area (Å²) in [5.74, 6) is -0.836. The summed E-state index contributed by atoms with van der Waals surface area (Å²) in [6, 6.07) is 3.91. The van der Waals surface area contributed by atoms with Gasteiger partial charge in [0.05, 0.1) is 26.9 Å². The van der Waals surface area contributed by atoms with Crippen LogP contribution in [0.25, 0.3) is 0 Å². The molecule has 20 heavy (non-hydrogen) atoms. The highest BCUT2D eigenvalue weighted by molar-refractivity contribution is 9.10. The standard InChI is InChI=1S/C11H13BrFNO4S2/c12-10-2-1-8(7-11(10)13)14-20(17,18)9-3-5-19(15,16)6-4-9/h1-2,7,9,14H,3-6H2. The van der Waals surface area contributed by atoms with Crippen molar-refractivity contribution in [3.63, 3.8) is 0 Å². The van der Waals surface area contributed by atoms with E-state index in [-0.39, 0.29) is 34.5 Å². The third-order valence-corrected chi connectivity index (χ3v) is 7.35. The first-order valence-electron chi connectivity index (χ1n) is 5.87. The van der Waals surface area contributed by atoms with Crippen molar-refractivity contribution in [1.82, 2.24) is 0 Å². The lowest BCUT2D eigenvalue weighted by Crippen LogP contribution is -2.36. The van der Waals surface area contributed by atoms with Gasteiger partial charge < -0.3 is 0 Å². The third kappa shape index (κ3) is 3.70. The predicted molar refractivity (Wildman–Crippen MR) is 78.3 cm³/mol. The minimum absolute atomic E-state index is 0.0661. The summed E-state index contributed by atoms with van der Waals surface area (Å²) < 4.78 is 62.7. The van der Waals surface area contributed by atoms with Crippen LogP contribution in [0, 0.1) is 5.82 Å². The number of hydrogen-bond acceptors (Lipinski definition) is 4. The van der Waals surface area contributed by atoms with Crippen LogP contribution in [0.5, 0.6) is 0 Å². The molecule has 0 radical (unpaired) electrons. The zero-order valence-corrected chi connectivity index (χ0v) is 13.6. The molecule has 1 heterocycles. The highest BCUT2D eigenvalue weighted by atomic mass is 79.9. The second kappa shape index (κ2) is 5.61. The maximum absolute atomic E-state index is 13.3. The lowest BCUT2D eigenvalue weighted by Gasteiger charge is -2.22. The van der Waals surface area contributed by atoms with Crippen LogP contribution in [-0.2, 0) is 19.9 Å². The van der Waals surface area contributed by atoms with E-state index in [4.69, 9.17) is 0 Å². The molecule has 9 heteroatoms. The van der Waals surface area contributed by atoms with Gasteiger partial charge in [0.1, 0.15) is 15.7 Å². The number of anilines is 1. The molecule has 1 aromatic carbocycles. The summed E-state index contributed by atoms with van der Waals surface area (Å²) in [7, 11) is -6.83. The monoisotopic (exact) mass is 385 g/mol. The first-order valence-corrected chi connectivity index (χ1v) is 10.0. The number of halogens is 2. The highest BCUT2D eigenvalue weighted by Crippen LogP contribution is 2.24. The number of nitrogens with one attached hydrogen (secondary N) is 1. The molecule has 0 unspecified atom stereocenters. The van der Waals surface area contributed by atoms with Gasteiger partial charge in [0, 0.05) is 0 Å². The Morgan fingerprint density at radius 2 is 1.85 bits per heavy atom. The molecular weight excluding hydrogens is 373 g/mol. The summed E-state index contributed by atoms with van der Waals surface area (Å²) in [5, 5.41) is -0.766. The fourth-order valence-corrected chi connectivity index (χ4v) is 5.50. The van der Waals surface area contributed by atoms with Crippen molar-refractivity contribution in [2.24, 2.45) is 0 Å². The lowest BCUT2D eigenvalue weighted by molar-refractivity contribution is 0.555. The molecule has 0 bridgehead atoms. The molecule has 112 valence electrons. The molecule has 0 spiro atoms. The fraction of sp³-hybridized carbons (Fsp3) is 0.455. The molecule has 0 atom stereocenters. The van der Waals surface area contributed by atoms with Gasteiger partial charge >= 0.3 is 0 Å². The number of rotatable bonds is 3. The molecular formula is C11H13BrFNO4S2. The van der Waals surface area contributed by atoms with Crippen LogP contribution in [0.2, 0.25) is 0 Å². The Hall–Kier alpha value is -0.670. The van der Waals surface area contributed by atoms with Gasteiger partial charge in [-0.05, 0) is 47.0 Å². The first-order chi connectivity index (χ1) is 9.20. The largest absolute Gasteiger partial charge is 0.283 e. The Labute approximate surface area is 125 Å². The maximum atomic E-state index is 13.3. The molecule has 1 aliphatic rings. The fourth-order valence-electron chi connectivity index (χ4n) is 1.99. The Morgan fingerprint density at radius 1 is 1.25 bits per heavy atom. The average Bonchev–Trinajstić information content (AvgIpc) is 2.33. The molecule has 1 fully saturated rings. The van der Waals surface area contributed by atoms with Crippen molar-refractivity contribution in [3.8, 4) is 0 Å². The lowest BCUT2D eigenvalue weighted by atomic mass is 10.2. The van der Waals surface area contributed by atoms with Gasteiger partial charge in [-0.3, -0.25) is 4.72 Å². The third-order valence-electron chi connectivity index (χ3n) is 3.12. The van der Waals surface area contributed by atoms with Crippen molar-refractivity contribution in [3.05, 3.63) is 28.5 Å². The van der Waals surface area contributed by atoms with E-state index in [0.29, 0.717) is 0 Å². The molecule has 0 aliphatic carbocycles. The van der Waals surface area contributed by atoms with Crippen molar-refractivity contribution in [2.75, 3.05) is 16.2 Å². The van der Waals surface area contributed by atoms with Crippen molar-refractivity contribution in [1.29, 1.82) is 0 Å². The van der Waals surface area contributed by atoms with Crippen LogP contribution in [0.3, 0.4) is 0 Å². The molecule has 2 rings (SSSR count). The molecule has 1 saturated heterocycles. The summed E-state index contributed by atoms with van der Waals surface area (Å²) in [6.07, 6.45) is 0.132. The predicted octanol–water partition coefficient (Wildman–Crippen LogP) is 1.91. The normalized spacial score (nSPS) is 19.7. The van der Waals surface area contributed by atoms with E-state index in [0.717, 1.165) is 6.07 Å². The Bertz CT molecular complexity index is 704. The van der Waals surface area contributed by atoms with E-state index in [9.17, 15) is 21.2 Å². The van der Waals surface area contributed by atoms with E-state index >= 15 is 0 Å². The molecule has 1 aliphatic heterocycles. The highest BCUT2D eigenvalue weighted by Gasteiger charge is 2.32. The smallest absolute Gasteiger partial charge is 0.235 e. The van der Waals surface area contributed by atoms with Crippen LogP contribution < -0.4 is 4.72 Å². The van der Waals surface area contributed by atoms with E-state index in [1.165, 1.54) is 12.1 Å². The molecule has 1 N–H and O–H groups in total. The topological polar surface area (TPSA) is 80.3 Å². The van der Waals surface area contributed by atoms with Crippen LogP contribution in [-0.4, -0.2) is 33.6 Å². The van der Waals surface area contributed by atoms with Gasteiger partial charge in [-0.25, -0.2) is 21.2 Å².